The number of hydrogen-bond acceptors (Lipinski definition) is 5. The van der Waals surface area contributed by atoms with Gasteiger partial charge in [0, 0.05) is 11.4 Å². The summed E-state index contributed by atoms with van der Waals surface area (Å²) in [6.45, 7) is 0.0587. The number of thiophene rings is 1. The molecule has 0 aliphatic carbocycles. The van der Waals surface area contributed by atoms with Gasteiger partial charge in [-0.15, -0.1) is 11.3 Å². The molecule has 5 nitrogen and oxygen atoms in total. The van der Waals surface area contributed by atoms with Crippen molar-refractivity contribution in [1.82, 2.24) is 14.5 Å². The third kappa shape index (κ3) is 4.66. The van der Waals surface area contributed by atoms with E-state index in [1.165, 1.54) is 41.6 Å². The second kappa shape index (κ2) is 8.22. The Balaban J connectivity index is 1.49. The van der Waals surface area contributed by atoms with Gasteiger partial charge in [0.25, 0.3) is 0 Å². The van der Waals surface area contributed by atoms with E-state index >= 15 is 0 Å². The highest BCUT2D eigenvalue weighted by molar-refractivity contribution is 7.12. The fourth-order valence-corrected chi connectivity index (χ4v) is 4.07. The minimum Gasteiger partial charge on any atom is -0.334 e. The van der Waals surface area contributed by atoms with Crippen LogP contribution in [0.3, 0.4) is 0 Å². The molecule has 0 saturated heterocycles. The maximum Gasteiger partial charge on any atom is 0.425 e. The van der Waals surface area contributed by atoms with Crippen molar-refractivity contribution in [3.05, 3.63) is 80.4 Å². The summed E-state index contributed by atoms with van der Waals surface area (Å²) in [5.41, 5.74) is 0.289. The fraction of sp³-hybridized carbons (Fsp3) is 0.250. The SMILES string of the molecule is O=c1nc(N2CC=C(c3ccc(F)cc3)C(F)C2)ncn1Cc1ccc(C(F)(F)F)s1. The molecule has 162 valence electrons. The molecule has 0 N–H and O–H groups in total. The van der Waals surface area contributed by atoms with E-state index in [1.54, 1.807) is 6.08 Å². The fourth-order valence-electron chi connectivity index (χ4n) is 3.20. The third-order valence-electron chi connectivity index (χ3n) is 4.73. The number of alkyl halides is 4. The van der Waals surface area contributed by atoms with Crippen LogP contribution >= 0.6 is 11.3 Å². The average molecular weight is 454 g/mol. The second-order valence-electron chi connectivity index (χ2n) is 6.87. The van der Waals surface area contributed by atoms with E-state index in [2.05, 4.69) is 9.97 Å². The van der Waals surface area contributed by atoms with Crippen LogP contribution < -0.4 is 10.6 Å². The lowest BCUT2D eigenvalue weighted by Crippen LogP contribution is -2.38. The minimum atomic E-state index is -4.44. The molecule has 1 atom stereocenters. The summed E-state index contributed by atoms with van der Waals surface area (Å²) in [6, 6.07) is 7.76. The molecule has 1 unspecified atom stereocenters. The number of nitrogens with zero attached hydrogens (tertiary/aromatic N) is 4. The summed E-state index contributed by atoms with van der Waals surface area (Å²) in [4.78, 5) is 21.3. The van der Waals surface area contributed by atoms with Crippen molar-refractivity contribution < 1.29 is 22.0 Å². The maximum atomic E-state index is 14.7. The van der Waals surface area contributed by atoms with Crippen molar-refractivity contribution in [3.63, 3.8) is 0 Å². The van der Waals surface area contributed by atoms with Crippen molar-refractivity contribution in [1.29, 1.82) is 0 Å². The lowest BCUT2D eigenvalue weighted by molar-refractivity contribution is -0.134. The molecule has 4 rings (SSSR count). The number of rotatable bonds is 4. The van der Waals surface area contributed by atoms with Crippen molar-refractivity contribution in [2.45, 2.75) is 18.9 Å². The monoisotopic (exact) mass is 454 g/mol. The van der Waals surface area contributed by atoms with E-state index in [-0.39, 0.29) is 25.6 Å². The molecule has 3 heterocycles. The van der Waals surface area contributed by atoms with Crippen LogP contribution in [0, 0.1) is 5.82 Å². The van der Waals surface area contributed by atoms with Gasteiger partial charge in [0.2, 0.25) is 5.95 Å². The standard InChI is InChI=1S/C20H15F5N4OS/c21-13-3-1-12(2-4-13)15-7-8-28(10-16(15)22)18-26-11-29(19(30)27-18)9-14-5-6-17(31-14)20(23,24)25/h1-7,11,16H,8-10H2. The van der Waals surface area contributed by atoms with Crippen molar-refractivity contribution in [3.8, 4) is 0 Å². The average Bonchev–Trinajstić information content (AvgIpc) is 3.19. The number of hydrogen-bond donors (Lipinski definition) is 0. The normalized spacial score (nSPS) is 17.0. The quantitative estimate of drug-likeness (QED) is 0.556. The highest BCUT2D eigenvalue weighted by Gasteiger charge is 2.32. The predicted octanol–water partition coefficient (Wildman–Crippen LogP) is 4.15. The van der Waals surface area contributed by atoms with Crippen LogP contribution in [0.5, 0.6) is 0 Å². The zero-order valence-electron chi connectivity index (χ0n) is 15.8. The Labute approximate surface area is 177 Å². The smallest absolute Gasteiger partial charge is 0.334 e. The van der Waals surface area contributed by atoms with E-state index in [9.17, 15) is 26.7 Å². The topological polar surface area (TPSA) is 51.0 Å². The Kier molecular flexibility index (Phi) is 5.61. The Hall–Kier alpha value is -3.08. The highest BCUT2D eigenvalue weighted by Crippen LogP contribution is 2.34. The molecule has 31 heavy (non-hydrogen) atoms. The molecular weight excluding hydrogens is 439 g/mol. The molecule has 11 heteroatoms. The molecular formula is C20H15F5N4OS. The lowest BCUT2D eigenvalue weighted by atomic mass is 9.98. The van der Waals surface area contributed by atoms with Crippen LogP contribution in [-0.4, -0.2) is 33.8 Å². The van der Waals surface area contributed by atoms with E-state index in [1.807, 2.05) is 0 Å². The minimum absolute atomic E-state index is 0.0282. The molecule has 0 fully saturated rings. The maximum absolute atomic E-state index is 14.7. The summed E-state index contributed by atoms with van der Waals surface area (Å²) >= 11 is 0.543. The van der Waals surface area contributed by atoms with E-state index < -0.39 is 28.7 Å². The van der Waals surface area contributed by atoms with Crippen LogP contribution in [0.1, 0.15) is 15.3 Å². The van der Waals surface area contributed by atoms with Gasteiger partial charge in [-0.1, -0.05) is 18.2 Å². The van der Waals surface area contributed by atoms with Crippen molar-refractivity contribution in [2.24, 2.45) is 0 Å². The van der Waals surface area contributed by atoms with E-state index in [4.69, 9.17) is 0 Å². The molecule has 3 aromatic rings. The van der Waals surface area contributed by atoms with Gasteiger partial charge in [0.1, 0.15) is 23.2 Å². The number of benzene rings is 1. The van der Waals surface area contributed by atoms with Gasteiger partial charge < -0.3 is 4.90 Å². The first kappa shape index (κ1) is 21.2. The van der Waals surface area contributed by atoms with Gasteiger partial charge in [-0.25, -0.2) is 18.6 Å². The molecule has 2 aromatic heterocycles. The van der Waals surface area contributed by atoms with Crippen molar-refractivity contribution >= 4 is 22.9 Å². The molecule has 0 radical (unpaired) electrons. The zero-order chi connectivity index (χ0) is 22.2. The Morgan fingerprint density at radius 2 is 1.87 bits per heavy atom. The van der Waals surface area contributed by atoms with Crippen LogP contribution in [0.15, 0.2) is 53.6 Å². The summed E-state index contributed by atoms with van der Waals surface area (Å²) in [5, 5.41) is 0. The van der Waals surface area contributed by atoms with Crippen LogP contribution in [0.2, 0.25) is 0 Å². The van der Waals surface area contributed by atoms with Crippen LogP contribution in [-0.2, 0) is 12.7 Å². The molecule has 1 aliphatic heterocycles. The Morgan fingerprint density at radius 3 is 2.48 bits per heavy atom. The highest BCUT2D eigenvalue weighted by atomic mass is 32.1. The number of anilines is 1. The van der Waals surface area contributed by atoms with Gasteiger partial charge in [-0.3, -0.25) is 4.57 Å². The summed E-state index contributed by atoms with van der Waals surface area (Å²) in [5.74, 6) is -0.385. The largest absolute Gasteiger partial charge is 0.425 e. The van der Waals surface area contributed by atoms with Crippen LogP contribution in [0.4, 0.5) is 27.9 Å². The van der Waals surface area contributed by atoms with Crippen LogP contribution in [0.25, 0.3) is 5.57 Å². The molecule has 0 amide bonds. The molecule has 1 aromatic carbocycles. The van der Waals surface area contributed by atoms with Gasteiger partial charge in [-0.2, -0.15) is 18.2 Å². The van der Waals surface area contributed by atoms with E-state index in [0.717, 1.165) is 10.6 Å². The molecule has 0 spiro atoms. The van der Waals surface area contributed by atoms with Gasteiger partial charge >= 0.3 is 11.9 Å². The number of halogens is 5. The molecule has 1 aliphatic rings. The Bertz CT molecular complexity index is 1170. The lowest BCUT2D eigenvalue weighted by Gasteiger charge is -2.29. The van der Waals surface area contributed by atoms with Gasteiger partial charge in [0.15, 0.2) is 0 Å². The molecule has 0 saturated carbocycles. The first-order chi connectivity index (χ1) is 14.7. The zero-order valence-corrected chi connectivity index (χ0v) is 16.6. The second-order valence-corrected chi connectivity index (χ2v) is 8.04. The van der Waals surface area contributed by atoms with E-state index in [0.29, 0.717) is 27.4 Å². The summed E-state index contributed by atoms with van der Waals surface area (Å²) in [6.07, 6.45) is -3.02. The number of aromatic nitrogens is 3. The summed E-state index contributed by atoms with van der Waals surface area (Å²) in [7, 11) is 0. The molecule has 0 bridgehead atoms. The van der Waals surface area contributed by atoms with Crippen molar-refractivity contribution in [2.75, 3.05) is 18.0 Å². The first-order valence-corrected chi connectivity index (χ1v) is 9.97. The van der Waals surface area contributed by atoms with Gasteiger partial charge in [-0.05, 0) is 35.4 Å². The third-order valence-corrected chi connectivity index (χ3v) is 5.85. The first-order valence-electron chi connectivity index (χ1n) is 9.15. The Morgan fingerprint density at radius 1 is 1.13 bits per heavy atom. The summed E-state index contributed by atoms with van der Waals surface area (Å²) < 4.78 is 67.0. The van der Waals surface area contributed by atoms with Gasteiger partial charge in [0.05, 0.1) is 13.1 Å². The predicted molar refractivity (Wildman–Crippen MR) is 106 cm³/mol.